The molecule has 24 heavy (non-hydrogen) atoms. The number of hydrogen-bond acceptors (Lipinski definition) is 3. The van der Waals surface area contributed by atoms with E-state index in [1.54, 1.807) is 6.92 Å². The molecule has 1 aromatic rings. The van der Waals surface area contributed by atoms with Gasteiger partial charge in [-0.3, -0.25) is 4.79 Å². The molecule has 2 N–H and O–H groups in total. The third-order valence-electron chi connectivity index (χ3n) is 4.06. The van der Waals surface area contributed by atoms with Crippen molar-refractivity contribution in [2.45, 2.75) is 44.9 Å². The minimum Gasteiger partial charge on any atom is -0.491 e. The molecule has 4 nitrogen and oxygen atoms in total. The third-order valence-corrected chi connectivity index (χ3v) is 4.06. The molecule has 1 saturated heterocycles. The molecule has 0 aliphatic carbocycles. The average Bonchev–Trinajstić information content (AvgIpc) is 2.52. The molecular weight excluding hydrogens is 321 g/mol. The van der Waals surface area contributed by atoms with E-state index < -0.39 is 11.7 Å². The van der Waals surface area contributed by atoms with Crippen LogP contribution in [-0.4, -0.2) is 31.1 Å². The molecule has 0 spiro atoms. The zero-order valence-corrected chi connectivity index (χ0v) is 13.8. The van der Waals surface area contributed by atoms with Gasteiger partial charge in [0.1, 0.15) is 12.4 Å². The van der Waals surface area contributed by atoms with E-state index in [4.69, 9.17) is 4.74 Å². The zero-order chi connectivity index (χ0) is 17.7. The largest absolute Gasteiger partial charge is 0.491 e. The molecule has 134 valence electrons. The lowest BCUT2D eigenvalue weighted by atomic mass is 9.92. The SMILES string of the molecule is CC(COc1ccccc1C(F)(F)F)NC(=O)[C@H]1CCN[C@@H](C)C1. The summed E-state index contributed by atoms with van der Waals surface area (Å²) >= 11 is 0. The van der Waals surface area contributed by atoms with Crippen molar-refractivity contribution in [3.8, 4) is 5.75 Å². The monoisotopic (exact) mass is 344 g/mol. The summed E-state index contributed by atoms with van der Waals surface area (Å²) in [5, 5.41) is 6.10. The van der Waals surface area contributed by atoms with Crippen LogP contribution in [0.2, 0.25) is 0 Å². The van der Waals surface area contributed by atoms with Gasteiger partial charge in [-0.15, -0.1) is 0 Å². The third kappa shape index (κ3) is 5.12. The molecule has 0 aromatic heterocycles. The van der Waals surface area contributed by atoms with Crippen LogP contribution in [-0.2, 0) is 11.0 Å². The van der Waals surface area contributed by atoms with Crippen LogP contribution >= 0.6 is 0 Å². The standard InChI is InChI=1S/C17H23F3N2O2/c1-11-9-13(7-8-21-11)16(23)22-12(2)10-24-15-6-4-3-5-14(15)17(18,19)20/h3-6,11-13,21H,7-10H2,1-2H3,(H,22,23)/t11-,12?,13-/m0/s1. The molecule has 1 amide bonds. The van der Waals surface area contributed by atoms with Crippen LogP contribution < -0.4 is 15.4 Å². The Balaban J connectivity index is 1.87. The number of halogens is 3. The van der Waals surface area contributed by atoms with Crippen molar-refractivity contribution in [3.63, 3.8) is 0 Å². The maximum absolute atomic E-state index is 12.9. The number of hydrogen-bond donors (Lipinski definition) is 2. The second kappa shape index (κ2) is 7.88. The van der Waals surface area contributed by atoms with Gasteiger partial charge in [0.05, 0.1) is 11.6 Å². The Morgan fingerprint density at radius 1 is 1.42 bits per heavy atom. The van der Waals surface area contributed by atoms with Gasteiger partial charge in [0, 0.05) is 12.0 Å². The van der Waals surface area contributed by atoms with Crippen LogP contribution in [0.25, 0.3) is 0 Å². The van der Waals surface area contributed by atoms with Crippen molar-refractivity contribution >= 4 is 5.91 Å². The number of nitrogens with one attached hydrogen (secondary N) is 2. The molecule has 1 aliphatic rings. The maximum Gasteiger partial charge on any atom is 0.419 e. The Labute approximate surface area is 139 Å². The molecule has 0 saturated carbocycles. The van der Waals surface area contributed by atoms with Gasteiger partial charge in [-0.2, -0.15) is 13.2 Å². The summed E-state index contributed by atoms with van der Waals surface area (Å²) in [6.45, 7) is 4.53. The Morgan fingerprint density at radius 2 is 2.12 bits per heavy atom. The second-order valence-corrected chi connectivity index (χ2v) is 6.29. The predicted molar refractivity (Wildman–Crippen MR) is 84.7 cm³/mol. The number of carbonyl (C=O) groups is 1. The summed E-state index contributed by atoms with van der Waals surface area (Å²) in [5.74, 6) is -0.351. The van der Waals surface area contributed by atoms with Gasteiger partial charge in [0.15, 0.2) is 0 Å². The quantitative estimate of drug-likeness (QED) is 0.863. The van der Waals surface area contributed by atoms with Crippen LogP contribution in [0, 0.1) is 5.92 Å². The van der Waals surface area contributed by atoms with Crippen molar-refractivity contribution < 1.29 is 22.7 Å². The van der Waals surface area contributed by atoms with Crippen molar-refractivity contribution in [2.24, 2.45) is 5.92 Å². The van der Waals surface area contributed by atoms with Gasteiger partial charge in [-0.25, -0.2) is 0 Å². The fraction of sp³-hybridized carbons (Fsp3) is 0.588. The van der Waals surface area contributed by atoms with Crippen molar-refractivity contribution in [1.29, 1.82) is 0 Å². The van der Waals surface area contributed by atoms with E-state index in [9.17, 15) is 18.0 Å². The van der Waals surface area contributed by atoms with Gasteiger partial charge in [-0.05, 0) is 45.4 Å². The van der Waals surface area contributed by atoms with Gasteiger partial charge >= 0.3 is 6.18 Å². The number of para-hydroxylation sites is 1. The lowest BCUT2D eigenvalue weighted by molar-refractivity contribution is -0.139. The van der Waals surface area contributed by atoms with E-state index in [1.165, 1.54) is 18.2 Å². The number of rotatable bonds is 5. The fourth-order valence-electron chi connectivity index (χ4n) is 2.81. The predicted octanol–water partition coefficient (Wildman–Crippen LogP) is 2.98. The molecule has 1 aliphatic heterocycles. The summed E-state index contributed by atoms with van der Waals surface area (Å²) < 4.78 is 44.0. The van der Waals surface area contributed by atoms with Gasteiger partial charge in [0.25, 0.3) is 0 Å². The normalized spacial score (nSPS) is 22.7. The highest BCUT2D eigenvalue weighted by Crippen LogP contribution is 2.35. The van der Waals surface area contributed by atoms with E-state index in [0.717, 1.165) is 25.5 Å². The number of piperidine rings is 1. The molecule has 0 radical (unpaired) electrons. The number of ether oxygens (including phenoxy) is 1. The fourth-order valence-corrected chi connectivity index (χ4v) is 2.81. The highest BCUT2D eigenvalue weighted by atomic mass is 19.4. The van der Waals surface area contributed by atoms with Crippen LogP contribution in [0.1, 0.15) is 32.3 Å². The molecule has 1 unspecified atom stereocenters. The Bertz CT molecular complexity index is 563. The minimum atomic E-state index is -4.46. The Hall–Kier alpha value is -1.76. The van der Waals surface area contributed by atoms with Crippen LogP contribution in [0.15, 0.2) is 24.3 Å². The minimum absolute atomic E-state index is 0.0145. The first-order chi connectivity index (χ1) is 11.3. The second-order valence-electron chi connectivity index (χ2n) is 6.29. The van der Waals surface area contributed by atoms with Crippen molar-refractivity contribution in [3.05, 3.63) is 29.8 Å². The smallest absolute Gasteiger partial charge is 0.419 e. The summed E-state index contributed by atoms with van der Waals surface area (Å²) in [4.78, 5) is 12.2. The molecule has 0 bridgehead atoms. The summed E-state index contributed by atoms with van der Waals surface area (Å²) in [7, 11) is 0. The summed E-state index contributed by atoms with van der Waals surface area (Å²) in [5.41, 5.74) is -0.810. The van der Waals surface area contributed by atoms with E-state index in [0.29, 0.717) is 6.04 Å². The summed E-state index contributed by atoms with van der Waals surface area (Å²) in [6.07, 6.45) is -2.94. The highest BCUT2D eigenvalue weighted by molar-refractivity contribution is 5.79. The average molecular weight is 344 g/mol. The van der Waals surface area contributed by atoms with E-state index in [2.05, 4.69) is 10.6 Å². The van der Waals surface area contributed by atoms with E-state index in [-0.39, 0.29) is 30.2 Å². The number of carbonyl (C=O) groups excluding carboxylic acids is 1. The van der Waals surface area contributed by atoms with Crippen LogP contribution in [0.3, 0.4) is 0 Å². The Kier molecular flexibility index (Phi) is 6.10. The molecule has 2 rings (SSSR count). The van der Waals surface area contributed by atoms with E-state index >= 15 is 0 Å². The van der Waals surface area contributed by atoms with Crippen molar-refractivity contribution in [2.75, 3.05) is 13.2 Å². The first kappa shape index (κ1) is 18.6. The highest BCUT2D eigenvalue weighted by Gasteiger charge is 2.34. The lowest BCUT2D eigenvalue weighted by Gasteiger charge is -2.28. The molecule has 1 fully saturated rings. The molecule has 7 heteroatoms. The van der Waals surface area contributed by atoms with Gasteiger partial charge < -0.3 is 15.4 Å². The summed E-state index contributed by atoms with van der Waals surface area (Å²) in [6, 6.07) is 4.99. The molecule has 1 heterocycles. The van der Waals surface area contributed by atoms with Gasteiger partial charge in [-0.1, -0.05) is 12.1 Å². The molecule has 1 aromatic carbocycles. The first-order valence-corrected chi connectivity index (χ1v) is 8.10. The number of amides is 1. The van der Waals surface area contributed by atoms with Crippen LogP contribution in [0.5, 0.6) is 5.75 Å². The lowest BCUT2D eigenvalue weighted by Crippen LogP contribution is -2.45. The first-order valence-electron chi connectivity index (χ1n) is 8.10. The maximum atomic E-state index is 12.9. The van der Waals surface area contributed by atoms with Crippen molar-refractivity contribution in [1.82, 2.24) is 10.6 Å². The topological polar surface area (TPSA) is 50.4 Å². The zero-order valence-electron chi connectivity index (χ0n) is 13.8. The molecular formula is C17H23F3N2O2. The van der Waals surface area contributed by atoms with Crippen LogP contribution in [0.4, 0.5) is 13.2 Å². The molecule has 3 atom stereocenters. The number of benzene rings is 1. The van der Waals surface area contributed by atoms with E-state index in [1.807, 2.05) is 6.92 Å². The van der Waals surface area contributed by atoms with Gasteiger partial charge in [0.2, 0.25) is 5.91 Å². The number of alkyl halides is 3. The Morgan fingerprint density at radius 3 is 2.79 bits per heavy atom.